The van der Waals surface area contributed by atoms with E-state index in [2.05, 4.69) is 5.32 Å². The van der Waals surface area contributed by atoms with Gasteiger partial charge in [-0.25, -0.2) is 9.69 Å². The Labute approximate surface area is 104 Å². The van der Waals surface area contributed by atoms with Crippen LogP contribution in [0, 0.1) is 5.41 Å². The van der Waals surface area contributed by atoms with Crippen molar-refractivity contribution in [1.29, 1.82) is 5.41 Å². The number of nitrogens with one attached hydrogen (secondary N) is 2. The molecule has 1 aromatic carbocycles. The first-order valence-electron chi connectivity index (χ1n) is 5.15. The molecule has 1 aliphatic heterocycles. The number of halogens is 1. The molecule has 5 nitrogen and oxygen atoms in total. The number of alkyl halides is 1. The maximum absolute atomic E-state index is 11.8. The predicted molar refractivity (Wildman–Crippen MR) is 65.5 cm³/mol. The molecule has 1 aromatic rings. The molecule has 1 saturated heterocycles. The van der Waals surface area contributed by atoms with Crippen LogP contribution >= 0.6 is 11.6 Å². The number of hydrogen-bond donors (Lipinski definition) is 2. The van der Waals surface area contributed by atoms with Gasteiger partial charge in [0, 0.05) is 5.69 Å². The number of amides is 2. The first kappa shape index (κ1) is 11.7. The summed E-state index contributed by atoms with van der Waals surface area (Å²) < 4.78 is 5.10. The predicted octanol–water partition coefficient (Wildman–Crippen LogP) is 2.09. The van der Waals surface area contributed by atoms with Gasteiger partial charge in [-0.3, -0.25) is 5.41 Å². The number of carbonyl (C=O) groups is 1. The average molecular weight is 254 g/mol. The molecule has 0 unspecified atom stereocenters. The number of carbonyl (C=O) groups excluding carboxylic acids is 1. The molecule has 2 N–H and O–H groups in total. The molecule has 0 aromatic heterocycles. The Morgan fingerprint density at radius 2 is 2.24 bits per heavy atom. The molecule has 0 aliphatic carbocycles. The molecule has 0 bridgehead atoms. The van der Waals surface area contributed by atoms with Crippen LogP contribution < -0.4 is 5.32 Å². The van der Waals surface area contributed by atoms with Crippen molar-refractivity contribution in [3.8, 4) is 0 Å². The highest BCUT2D eigenvalue weighted by Gasteiger charge is 2.32. The smallest absolute Gasteiger partial charge is 0.330 e. The van der Waals surface area contributed by atoms with Crippen LogP contribution in [-0.4, -0.2) is 35.5 Å². The van der Waals surface area contributed by atoms with Gasteiger partial charge in [0.25, 0.3) is 6.02 Å². The van der Waals surface area contributed by atoms with Gasteiger partial charge in [-0.15, -0.1) is 11.6 Å². The SMILES string of the molecule is N=C1O[C@@H](CCl)CN1C(=O)Nc1ccccc1. The van der Waals surface area contributed by atoms with Gasteiger partial charge >= 0.3 is 6.03 Å². The van der Waals surface area contributed by atoms with Crippen molar-refractivity contribution in [3.63, 3.8) is 0 Å². The van der Waals surface area contributed by atoms with E-state index in [1.807, 2.05) is 18.2 Å². The van der Waals surface area contributed by atoms with Crippen LogP contribution in [0.1, 0.15) is 0 Å². The quantitative estimate of drug-likeness (QED) is 0.793. The maximum Gasteiger partial charge on any atom is 0.330 e. The number of urea groups is 1. The van der Waals surface area contributed by atoms with Gasteiger partial charge in [-0.05, 0) is 12.1 Å². The summed E-state index contributed by atoms with van der Waals surface area (Å²) in [5, 5.41) is 10.2. The zero-order chi connectivity index (χ0) is 12.3. The Balaban J connectivity index is 1.99. The Morgan fingerprint density at radius 3 is 2.82 bits per heavy atom. The normalized spacial score (nSPS) is 19.0. The summed E-state index contributed by atoms with van der Waals surface area (Å²) in [5.41, 5.74) is 0.680. The molecule has 0 spiro atoms. The second-order valence-corrected chi connectivity index (χ2v) is 3.91. The topological polar surface area (TPSA) is 65.4 Å². The summed E-state index contributed by atoms with van der Waals surface area (Å²) in [7, 11) is 0. The fraction of sp³-hybridized carbons (Fsp3) is 0.273. The number of benzene rings is 1. The molecule has 1 aliphatic rings. The van der Waals surface area contributed by atoms with Gasteiger partial charge in [0.15, 0.2) is 0 Å². The van der Waals surface area contributed by atoms with E-state index in [0.717, 1.165) is 0 Å². The molecule has 1 heterocycles. The van der Waals surface area contributed by atoms with Crippen molar-refractivity contribution in [1.82, 2.24) is 4.90 Å². The highest BCUT2D eigenvalue weighted by molar-refractivity contribution is 6.18. The zero-order valence-corrected chi connectivity index (χ0v) is 9.78. The largest absolute Gasteiger partial charge is 0.458 e. The highest BCUT2D eigenvalue weighted by atomic mass is 35.5. The summed E-state index contributed by atoms with van der Waals surface area (Å²) in [4.78, 5) is 13.1. The molecule has 90 valence electrons. The summed E-state index contributed by atoms with van der Waals surface area (Å²) in [5.74, 6) is 0.261. The molecule has 6 heteroatoms. The van der Waals surface area contributed by atoms with E-state index >= 15 is 0 Å². The number of nitrogens with zero attached hydrogens (tertiary/aromatic N) is 1. The fourth-order valence-electron chi connectivity index (χ4n) is 1.51. The van der Waals surface area contributed by atoms with E-state index in [1.165, 1.54) is 4.90 Å². The molecule has 0 saturated carbocycles. The third-order valence-electron chi connectivity index (χ3n) is 2.35. The van der Waals surface area contributed by atoms with Gasteiger partial charge in [0.05, 0.1) is 12.4 Å². The minimum Gasteiger partial charge on any atom is -0.458 e. The lowest BCUT2D eigenvalue weighted by Crippen LogP contribution is -2.36. The van der Waals surface area contributed by atoms with E-state index in [4.69, 9.17) is 21.7 Å². The van der Waals surface area contributed by atoms with Crippen molar-refractivity contribution in [3.05, 3.63) is 30.3 Å². The van der Waals surface area contributed by atoms with Gasteiger partial charge in [-0.1, -0.05) is 18.2 Å². The number of para-hydroxylation sites is 1. The van der Waals surface area contributed by atoms with Crippen LogP contribution in [0.15, 0.2) is 30.3 Å². The molecule has 1 atom stereocenters. The summed E-state index contributed by atoms with van der Waals surface area (Å²) in [6, 6.07) is 8.51. The summed E-state index contributed by atoms with van der Waals surface area (Å²) in [6.45, 7) is 0.307. The lowest BCUT2D eigenvalue weighted by atomic mass is 10.3. The van der Waals surface area contributed by atoms with Crippen LogP contribution in [0.5, 0.6) is 0 Å². The molecule has 1 fully saturated rings. The lowest BCUT2D eigenvalue weighted by molar-refractivity contribution is 0.235. The van der Waals surface area contributed by atoms with Crippen LogP contribution in [0.3, 0.4) is 0 Å². The lowest BCUT2D eigenvalue weighted by Gasteiger charge is -2.13. The highest BCUT2D eigenvalue weighted by Crippen LogP contribution is 2.14. The Hall–Kier alpha value is -1.75. The fourth-order valence-corrected chi connectivity index (χ4v) is 1.67. The van der Waals surface area contributed by atoms with E-state index in [0.29, 0.717) is 12.2 Å². The number of anilines is 1. The standard InChI is InChI=1S/C11H12ClN3O2/c12-6-9-7-15(10(13)17-9)11(16)14-8-4-2-1-3-5-8/h1-5,9,13H,6-7H2,(H,14,16)/t9-/m0/s1. The molecular weight excluding hydrogens is 242 g/mol. The van der Waals surface area contributed by atoms with Gasteiger partial charge in [-0.2, -0.15) is 0 Å². The van der Waals surface area contributed by atoms with Gasteiger partial charge in [0.1, 0.15) is 6.10 Å². The molecule has 0 radical (unpaired) electrons. The van der Waals surface area contributed by atoms with Crippen molar-refractivity contribution in [2.75, 3.05) is 17.7 Å². The molecular formula is C11H12ClN3O2. The summed E-state index contributed by atoms with van der Waals surface area (Å²) in [6.07, 6.45) is -0.300. The van der Waals surface area contributed by atoms with Crippen LogP contribution in [-0.2, 0) is 4.74 Å². The van der Waals surface area contributed by atoms with E-state index in [9.17, 15) is 4.79 Å². The van der Waals surface area contributed by atoms with Gasteiger partial charge < -0.3 is 10.1 Å². The second-order valence-electron chi connectivity index (χ2n) is 3.61. The van der Waals surface area contributed by atoms with Crippen molar-refractivity contribution in [2.45, 2.75) is 6.10 Å². The first-order chi connectivity index (χ1) is 8.20. The van der Waals surface area contributed by atoms with Gasteiger partial charge in [0.2, 0.25) is 0 Å². The van der Waals surface area contributed by atoms with Crippen molar-refractivity contribution in [2.24, 2.45) is 0 Å². The third kappa shape index (κ3) is 2.68. The van der Waals surface area contributed by atoms with Crippen molar-refractivity contribution < 1.29 is 9.53 Å². The Bertz CT molecular complexity index is 424. The van der Waals surface area contributed by atoms with Crippen LogP contribution in [0.25, 0.3) is 0 Å². The second kappa shape index (κ2) is 5.05. The molecule has 2 amide bonds. The van der Waals surface area contributed by atoms with Crippen LogP contribution in [0.4, 0.5) is 10.5 Å². The third-order valence-corrected chi connectivity index (χ3v) is 2.70. The maximum atomic E-state index is 11.8. The minimum absolute atomic E-state index is 0.163. The zero-order valence-electron chi connectivity index (χ0n) is 9.02. The van der Waals surface area contributed by atoms with E-state index in [-0.39, 0.29) is 24.0 Å². The van der Waals surface area contributed by atoms with E-state index in [1.54, 1.807) is 12.1 Å². The first-order valence-corrected chi connectivity index (χ1v) is 5.69. The molecule has 17 heavy (non-hydrogen) atoms. The minimum atomic E-state index is -0.381. The number of amidine groups is 1. The number of rotatable bonds is 2. The Kier molecular flexibility index (Phi) is 3.49. The summed E-state index contributed by atoms with van der Waals surface area (Å²) >= 11 is 5.62. The Morgan fingerprint density at radius 1 is 1.53 bits per heavy atom. The van der Waals surface area contributed by atoms with Crippen molar-refractivity contribution >= 4 is 29.3 Å². The number of ether oxygens (including phenoxy) is 1. The molecule has 2 rings (SSSR count). The van der Waals surface area contributed by atoms with E-state index < -0.39 is 0 Å². The monoisotopic (exact) mass is 253 g/mol. The van der Waals surface area contributed by atoms with Crippen LogP contribution in [0.2, 0.25) is 0 Å². The number of hydrogen-bond acceptors (Lipinski definition) is 3. The average Bonchev–Trinajstić information content (AvgIpc) is 2.72.